The molecule has 0 bridgehead atoms. The quantitative estimate of drug-likeness (QED) is 0.571. The lowest BCUT2D eigenvalue weighted by Crippen LogP contribution is -2.39. The highest BCUT2D eigenvalue weighted by molar-refractivity contribution is 5.78. The summed E-state index contributed by atoms with van der Waals surface area (Å²) in [4.78, 5) is 19.5. The molecule has 1 N–H and O–H groups in total. The van der Waals surface area contributed by atoms with Crippen LogP contribution in [0.2, 0.25) is 0 Å². The molecule has 6 heteroatoms. The number of anilines is 2. The Kier molecular flexibility index (Phi) is 6.07. The second-order valence-electron chi connectivity index (χ2n) is 8.41. The summed E-state index contributed by atoms with van der Waals surface area (Å²) in [6, 6.07) is 14.6. The Labute approximate surface area is 182 Å². The van der Waals surface area contributed by atoms with E-state index in [0.717, 1.165) is 35.0 Å². The Morgan fingerprint density at radius 2 is 1.84 bits per heavy atom. The second kappa shape index (κ2) is 8.92. The van der Waals surface area contributed by atoms with Gasteiger partial charge in [-0.15, -0.1) is 0 Å². The van der Waals surface area contributed by atoms with Crippen LogP contribution in [0.3, 0.4) is 0 Å². The molecule has 5 nitrogen and oxygen atoms in total. The fraction of sp³-hybridized carbons (Fsp3) is 0.360. The van der Waals surface area contributed by atoms with Gasteiger partial charge in [0.15, 0.2) is 0 Å². The van der Waals surface area contributed by atoms with Crippen LogP contribution in [0.1, 0.15) is 38.1 Å². The Morgan fingerprint density at radius 3 is 2.52 bits per heavy atom. The third-order valence-electron chi connectivity index (χ3n) is 5.98. The molecule has 1 amide bonds. The van der Waals surface area contributed by atoms with E-state index >= 15 is 0 Å². The first-order chi connectivity index (χ1) is 14.9. The number of halogens is 1. The van der Waals surface area contributed by atoms with Gasteiger partial charge in [-0.2, -0.15) is 0 Å². The minimum absolute atomic E-state index is 0.181. The summed E-state index contributed by atoms with van der Waals surface area (Å²) in [6.45, 7) is 8.09. The van der Waals surface area contributed by atoms with E-state index in [4.69, 9.17) is 4.98 Å². The van der Waals surface area contributed by atoms with Crippen molar-refractivity contribution >= 4 is 17.4 Å². The number of hydrogen-bond acceptors (Lipinski definition) is 3. The molecular formula is C25H29FN4O. The Hall–Kier alpha value is -3.15. The van der Waals surface area contributed by atoms with Gasteiger partial charge in [-0.05, 0) is 49.2 Å². The van der Waals surface area contributed by atoms with Crippen molar-refractivity contribution in [2.45, 2.75) is 46.7 Å². The van der Waals surface area contributed by atoms with E-state index < -0.39 is 0 Å². The molecule has 31 heavy (non-hydrogen) atoms. The molecule has 1 unspecified atom stereocenters. The third kappa shape index (κ3) is 4.63. The lowest BCUT2D eigenvalue weighted by molar-refractivity contribution is -0.133. The number of amides is 1. The van der Waals surface area contributed by atoms with Gasteiger partial charge in [0.25, 0.3) is 0 Å². The monoisotopic (exact) mass is 420 g/mol. The third-order valence-corrected chi connectivity index (χ3v) is 5.98. The van der Waals surface area contributed by atoms with Crippen LogP contribution >= 0.6 is 0 Å². The molecule has 3 aromatic rings. The van der Waals surface area contributed by atoms with Gasteiger partial charge < -0.3 is 14.8 Å². The molecular weight excluding hydrogens is 391 g/mol. The van der Waals surface area contributed by atoms with E-state index in [1.54, 1.807) is 12.1 Å². The van der Waals surface area contributed by atoms with Crippen molar-refractivity contribution in [1.82, 2.24) is 14.5 Å². The summed E-state index contributed by atoms with van der Waals surface area (Å²) in [5, 5.41) is 3.51. The van der Waals surface area contributed by atoms with Crippen molar-refractivity contribution in [3.05, 3.63) is 65.7 Å². The summed E-state index contributed by atoms with van der Waals surface area (Å²) in [7, 11) is 0. The zero-order valence-corrected chi connectivity index (χ0v) is 18.4. The van der Waals surface area contributed by atoms with Gasteiger partial charge in [0.2, 0.25) is 5.91 Å². The zero-order chi connectivity index (χ0) is 22.0. The molecule has 0 aliphatic carbocycles. The van der Waals surface area contributed by atoms with Crippen molar-refractivity contribution in [2.75, 3.05) is 11.9 Å². The fourth-order valence-electron chi connectivity index (χ4n) is 3.83. The average molecular weight is 421 g/mol. The second-order valence-corrected chi connectivity index (χ2v) is 8.41. The van der Waals surface area contributed by atoms with Crippen molar-refractivity contribution in [2.24, 2.45) is 5.92 Å². The van der Waals surface area contributed by atoms with E-state index in [9.17, 15) is 9.18 Å². The summed E-state index contributed by atoms with van der Waals surface area (Å²) in [6.07, 6.45) is 1.56. The Morgan fingerprint density at radius 1 is 1.13 bits per heavy atom. The Balaban J connectivity index is 1.68. The predicted octanol–water partition coefficient (Wildman–Crippen LogP) is 5.52. The number of nitrogens with zero attached hydrogens (tertiary/aromatic N) is 3. The highest BCUT2D eigenvalue weighted by atomic mass is 19.1. The first kappa shape index (κ1) is 21.1. The Bertz CT molecular complexity index is 1060. The molecule has 0 saturated heterocycles. The van der Waals surface area contributed by atoms with Gasteiger partial charge in [-0.25, -0.2) is 9.37 Å². The number of imidazole rings is 1. The number of aryl methyl sites for hydroxylation is 1. The SMILES string of the molecule is CCC(C)CC(=O)N1CCn2c(nc(-c3ccc(F)cc3)c2Nc2ccc(C)cc2)C1. The molecule has 162 valence electrons. The maximum absolute atomic E-state index is 13.5. The van der Waals surface area contributed by atoms with Crippen LogP contribution in [0, 0.1) is 18.7 Å². The number of rotatable bonds is 6. The largest absolute Gasteiger partial charge is 0.340 e. The first-order valence-electron chi connectivity index (χ1n) is 10.9. The standard InChI is InChI=1S/C25H29FN4O/c1-4-17(2)15-23(31)29-13-14-30-22(16-29)28-24(19-7-9-20(26)10-8-19)25(30)27-21-11-5-18(3)6-12-21/h5-12,17,27H,4,13-16H2,1-3H3. The van der Waals surface area contributed by atoms with Crippen LogP contribution < -0.4 is 5.32 Å². The van der Waals surface area contributed by atoms with Crippen molar-refractivity contribution in [3.63, 3.8) is 0 Å². The van der Waals surface area contributed by atoms with E-state index in [2.05, 4.69) is 42.8 Å². The molecule has 0 saturated carbocycles. The van der Waals surface area contributed by atoms with Crippen molar-refractivity contribution in [3.8, 4) is 11.3 Å². The molecule has 1 aromatic heterocycles. The minimum Gasteiger partial charge on any atom is -0.340 e. The molecule has 4 rings (SSSR count). The molecule has 1 aliphatic heterocycles. The number of benzene rings is 2. The summed E-state index contributed by atoms with van der Waals surface area (Å²) >= 11 is 0. The van der Waals surface area contributed by atoms with Gasteiger partial charge in [-0.1, -0.05) is 38.0 Å². The number of fused-ring (bicyclic) bond motifs is 1. The highest BCUT2D eigenvalue weighted by Gasteiger charge is 2.27. The lowest BCUT2D eigenvalue weighted by atomic mass is 10.0. The summed E-state index contributed by atoms with van der Waals surface area (Å²) in [5.74, 6) is 2.00. The predicted molar refractivity (Wildman–Crippen MR) is 122 cm³/mol. The lowest BCUT2D eigenvalue weighted by Gasteiger charge is -2.29. The first-order valence-corrected chi connectivity index (χ1v) is 10.9. The average Bonchev–Trinajstić information content (AvgIpc) is 3.13. The van der Waals surface area contributed by atoms with Crippen LogP contribution in [0.4, 0.5) is 15.9 Å². The van der Waals surface area contributed by atoms with Gasteiger partial charge in [-0.3, -0.25) is 4.79 Å². The van der Waals surface area contributed by atoms with Gasteiger partial charge in [0.1, 0.15) is 23.2 Å². The van der Waals surface area contributed by atoms with Crippen LogP contribution in [0.25, 0.3) is 11.3 Å². The number of aromatic nitrogens is 2. The number of hydrogen-bond donors (Lipinski definition) is 1. The number of nitrogens with one attached hydrogen (secondary N) is 1. The van der Waals surface area contributed by atoms with E-state index in [-0.39, 0.29) is 11.7 Å². The van der Waals surface area contributed by atoms with Crippen molar-refractivity contribution < 1.29 is 9.18 Å². The van der Waals surface area contributed by atoms with E-state index in [0.29, 0.717) is 32.0 Å². The topological polar surface area (TPSA) is 50.2 Å². The molecule has 0 fully saturated rings. The normalized spacial score (nSPS) is 14.3. The molecule has 0 radical (unpaired) electrons. The van der Waals surface area contributed by atoms with Gasteiger partial charge in [0.05, 0.1) is 6.54 Å². The van der Waals surface area contributed by atoms with E-state index in [1.807, 2.05) is 17.0 Å². The summed E-state index contributed by atoms with van der Waals surface area (Å²) < 4.78 is 15.6. The zero-order valence-electron chi connectivity index (χ0n) is 18.4. The van der Waals surface area contributed by atoms with Crippen LogP contribution in [-0.2, 0) is 17.9 Å². The molecule has 1 atom stereocenters. The maximum atomic E-state index is 13.5. The van der Waals surface area contributed by atoms with Crippen molar-refractivity contribution in [1.29, 1.82) is 0 Å². The van der Waals surface area contributed by atoms with Crippen LogP contribution in [-0.4, -0.2) is 26.9 Å². The highest BCUT2D eigenvalue weighted by Crippen LogP contribution is 2.33. The van der Waals surface area contributed by atoms with E-state index in [1.165, 1.54) is 17.7 Å². The number of carbonyl (C=O) groups is 1. The fourth-order valence-corrected chi connectivity index (χ4v) is 3.83. The molecule has 1 aliphatic rings. The smallest absolute Gasteiger partial charge is 0.223 e. The molecule has 2 aromatic carbocycles. The molecule has 2 heterocycles. The van der Waals surface area contributed by atoms with Crippen LogP contribution in [0.15, 0.2) is 48.5 Å². The minimum atomic E-state index is -0.275. The maximum Gasteiger partial charge on any atom is 0.223 e. The van der Waals surface area contributed by atoms with Gasteiger partial charge >= 0.3 is 0 Å². The molecule has 0 spiro atoms. The van der Waals surface area contributed by atoms with Crippen LogP contribution in [0.5, 0.6) is 0 Å². The summed E-state index contributed by atoms with van der Waals surface area (Å²) in [5.41, 5.74) is 3.77. The van der Waals surface area contributed by atoms with Gasteiger partial charge in [0, 0.05) is 30.8 Å². The number of carbonyl (C=O) groups excluding carboxylic acids is 1.